The Morgan fingerprint density at radius 2 is 2.27 bits per heavy atom. The van der Waals surface area contributed by atoms with E-state index in [1.165, 1.54) is 17.9 Å². The van der Waals surface area contributed by atoms with Crippen molar-refractivity contribution in [2.75, 3.05) is 13.7 Å². The number of aromatic amines is 1. The second-order valence-corrected chi connectivity index (χ2v) is 8.78. The molecule has 0 aliphatic carbocycles. The number of benzene rings is 1. The maximum absolute atomic E-state index is 12.2. The monoisotopic (exact) mass is 455 g/mol. The molecule has 2 aliphatic rings. The zero-order chi connectivity index (χ0) is 21.3. The lowest BCUT2D eigenvalue weighted by Crippen LogP contribution is -2.28. The maximum Gasteiger partial charge on any atom is 0.619 e. The third kappa shape index (κ3) is 4.18. The second-order valence-electron chi connectivity index (χ2n) is 6.74. The highest BCUT2D eigenvalue weighted by atomic mass is 32.1. The van der Waals surface area contributed by atoms with Crippen LogP contribution in [0.3, 0.4) is 0 Å². The minimum absolute atomic E-state index is 0.00336. The molecule has 1 aromatic heterocycles. The Labute approximate surface area is 177 Å². The van der Waals surface area contributed by atoms with Crippen LogP contribution in [0, 0.1) is 4.64 Å². The minimum Gasteiger partial charge on any atom is -0.493 e. The van der Waals surface area contributed by atoms with E-state index in [9.17, 15) is 14.5 Å². The Balaban J connectivity index is 1.41. The summed E-state index contributed by atoms with van der Waals surface area (Å²) in [5, 5.41) is 0. The van der Waals surface area contributed by atoms with Crippen molar-refractivity contribution in [2.24, 2.45) is 0 Å². The van der Waals surface area contributed by atoms with Crippen molar-refractivity contribution in [1.29, 1.82) is 0 Å². The van der Waals surface area contributed by atoms with Crippen LogP contribution in [0.1, 0.15) is 35.0 Å². The number of carbonyl (C=O) groups excluding carboxylic acids is 1. The van der Waals surface area contributed by atoms with Crippen molar-refractivity contribution in [3.63, 3.8) is 0 Å². The number of ether oxygens (including phenoxy) is 2. The molecule has 0 amide bonds. The number of hydrogen-bond acceptors (Lipinski definition) is 9. The molecule has 160 valence electrons. The highest BCUT2D eigenvalue weighted by Crippen LogP contribution is 2.63. The van der Waals surface area contributed by atoms with Gasteiger partial charge in [-0.1, -0.05) is 24.4 Å². The summed E-state index contributed by atoms with van der Waals surface area (Å²) in [4.78, 5) is 36.4. The third-order valence-electron chi connectivity index (χ3n) is 4.81. The van der Waals surface area contributed by atoms with Crippen molar-refractivity contribution < 1.29 is 32.7 Å². The number of nitrogens with one attached hydrogen (secondary N) is 1. The van der Waals surface area contributed by atoms with Gasteiger partial charge in [0.2, 0.25) is 5.75 Å². The molecule has 0 spiro atoms. The van der Waals surface area contributed by atoms with Gasteiger partial charge in [0, 0.05) is 11.8 Å². The lowest BCUT2D eigenvalue weighted by molar-refractivity contribution is -0.0302. The van der Waals surface area contributed by atoms with Crippen LogP contribution in [-0.4, -0.2) is 40.6 Å². The van der Waals surface area contributed by atoms with Crippen molar-refractivity contribution in [3.8, 4) is 11.5 Å². The van der Waals surface area contributed by atoms with Gasteiger partial charge in [-0.3, -0.25) is 18.9 Å². The van der Waals surface area contributed by atoms with E-state index in [0.717, 1.165) is 5.56 Å². The summed E-state index contributed by atoms with van der Waals surface area (Å²) in [6, 6.07) is 5.33. The first-order chi connectivity index (χ1) is 14.4. The van der Waals surface area contributed by atoms with E-state index in [-0.39, 0.29) is 23.4 Å². The number of rotatable bonds is 6. The lowest BCUT2D eigenvalue weighted by Gasteiger charge is -2.23. The number of para-hydroxylation sites is 1. The van der Waals surface area contributed by atoms with Crippen LogP contribution in [0.5, 0.6) is 11.5 Å². The number of aldehydes is 1. The van der Waals surface area contributed by atoms with Crippen LogP contribution in [0.25, 0.3) is 0 Å². The van der Waals surface area contributed by atoms with E-state index in [4.69, 9.17) is 35.3 Å². The number of hydrogen-bond donors (Lipinski definition) is 2. The molecule has 0 saturated carbocycles. The molecule has 3 unspecified atom stereocenters. The Kier molecular flexibility index (Phi) is 6.01. The molecule has 3 atom stereocenters. The predicted octanol–water partition coefficient (Wildman–Crippen LogP) is 2.70. The Hall–Kier alpha value is -2.14. The molecule has 0 bridgehead atoms. The van der Waals surface area contributed by atoms with E-state index < -0.39 is 26.2 Å². The summed E-state index contributed by atoms with van der Waals surface area (Å²) < 4.78 is 29.1. The van der Waals surface area contributed by atoms with Crippen LogP contribution >= 0.6 is 20.4 Å². The number of aromatic nitrogens is 2. The van der Waals surface area contributed by atoms with Gasteiger partial charge >= 0.3 is 13.9 Å². The minimum atomic E-state index is -3.60. The van der Waals surface area contributed by atoms with Gasteiger partial charge in [0.05, 0.1) is 18.8 Å². The molecule has 1 fully saturated rings. The summed E-state index contributed by atoms with van der Waals surface area (Å²) in [6.07, 6.45) is 2.06. The molecule has 4 rings (SSSR count). The van der Waals surface area contributed by atoms with Gasteiger partial charge in [0.15, 0.2) is 12.0 Å². The molecule has 10 nitrogen and oxygen atoms in total. The first-order valence-electron chi connectivity index (χ1n) is 9.15. The number of nitrogens with zero attached hydrogens (tertiary/aromatic N) is 1. The maximum atomic E-state index is 12.2. The average molecular weight is 455 g/mol. The fourth-order valence-electron chi connectivity index (χ4n) is 3.29. The normalized spacial score (nSPS) is 25.4. The topological polar surface area (TPSA) is 121 Å². The third-order valence-corrected chi connectivity index (χ3v) is 6.49. The highest BCUT2D eigenvalue weighted by molar-refractivity contribution is 7.71. The largest absolute Gasteiger partial charge is 0.619 e. The molecule has 30 heavy (non-hydrogen) atoms. The van der Waals surface area contributed by atoms with Crippen LogP contribution in [0.2, 0.25) is 0 Å². The molecule has 3 heterocycles. The Morgan fingerprint density at radius 3 is 3.03 bits per heavy atom. The van der Waals surface area contributed by atoms with Crippen molar-refractivity contribution >= 4 is 26.7 Å². The van der Waals surface area contributed by atoms with Crippen LogP contribution in [-0.2, 0) is 20.4 Å². The molecule has 2 aliphatic heterocycles. The Morgan fingerprint density at radius 1 is 1.43 bits per heavy atom. The van der Waals surface area contributed by atoms with E-state index >= 15 is 0 Å². The second kappa shape index (κ2) is 8.54. The molecule has 2 aromatic rings. The van der Waals surface area contributed by atoms with E-state index in [1.54, 1.807) is 12.1 Å². The van der Waals surface area contributed by atoms with Gasteiger partial charge in [0.25, 0.3) is 0 Å². The summed E-state index contributed by atoms with van der Waals surface area (Å²) in [5.74, 6) is 0.863. The van der Waals surface area contributed by atoms with Gasteiger partial charge in [0.1, 0.15) is 24.1 Å². The highest BCUT2D eigenvalue weighted by Gasteiger charge is 2.52. The zero-order valence-electron chi connectivity index (χ0n) is 16.0. The standard InChI is InChI=1S/C18H19N2O8PS/c1-24-14-4-2-3-11-9-25-29(23,28-16(11)14)26-10-13-5-6-15(27-13)20-7-12(8-21)17(30)19-18(20)22/h2-4,7-8,13,15,23H,5-6,9-10H2,1H3/p+1. The quantitative estimate of drug-likeness (QED) is 0.385. The summed E-state index contributed by atoms with van der Waals surface area (Å²) in [7, 11) is -2.10. The lowest BCUT2D eigenvalue weighted by atomic mass is 10.2. The van der Waals surface area contributed by atoms with Crippen molar-refractivity contribution in [1.82, 2.24) is 9.55 Å². The van der Waals surface area contributed by atoms with Crippen LogP contribution in [0.4, 0.5) is 0 Å². The van der Waals surface area contributed by atoms with Crippen LogP contribution in [0.15, 0.2) is 29.2 Å². The first-order valence-corrected chi connectivity index (χ1v) is 11.1. The summed E-state index contributed by atoms with van der Waals surface area (Å²) in [6.45, 7) is 0.126. The van der Waals surface area contributed by atoms with Gasteiger partial charge in [-0.2, -0.15) is 4.89 Å². The summed E-state index contributed by atoms with van der Waals surface area (Å²) in [5.41, 5.74) is 0.474. The van der Waals surface area contributed by atoms with E-state index in [1.807, 2.05) is 6.07 Å². The number of H-pyrrole nitrogens is 1. The van der Waals surface area contributed by atoms with Crippen LogP contribution < -0.4 is 15.0 Å². The molecule has 12 heteroatoms. The molecular weight excluding hydrogens is 435 g/mol. The van der Waals surface area contributed by atoms with Crippen molar-refractivity contribution in [3.05, 3.63) is 50.6 Å². The number of methoxy groups -OCH3 is 1. The average Bonchev–Trinajstić information content (AvgIpc) is 3.21. The Bertz CT molecular complexity index is 1060. The fraction of sp³-hybridized carbons (Fsp3) is 0.389. The van der Waals surface area contributed by atoms with E-state index in [2.05, 4.69) is 4.98 Å². The molecule has 1 saturated heterocycles. The predicted molar refractivity (Wildman–Crippen MR) is 108 cm³/mol. The number of carbonyl (C=O) groups is 1. The van der Waals surface area contributed by atoms with Gasteiger partial charge in [-0.05, 0) is 18.9 Å². The number of fused-ring (bicyclic) bond motifs is 1. The van der Waals surface area contributed by atoms with Crippen molar-refractivity contribution in [2.45, 2.75) is 31.8 Å². The van der Waals surface area contributed by atoms with Gasteiger partial charge < -0.3 is 9.47 Å². The molecule has 1 aromatic carbocycles. The SMILES string of the molecule is COc1cccc2c1O[P+](O)(OCC1CCC(n3cc(C=O)c(=S)[nH]c3=O)O1)OC2. The fourth-order valence-corrected chi connectivity index (χ4v) is 4.75. The molecular formula is C18H20N2O8PS+. The van der Waals surface area contributed by atoms with Gasteiger partial charge in [-0.25, -0.2) is 4.79 Å². The summed E-state index contributed by atoms with van der Waals surface area (Å²) >= 11 is 4.95. The molecule has 0 radical (unpaired) electrons. The molecule has 2 N–H and O–H groups in total. The first kappa shape index (κ1) is 21.1. The zero-order valence-corrected chi connectivity index (χ0v) is 17.7. The van der Waals surface area contributed by atoms with E-state index in [0.29, 0.717) is 30.6 Å². The smallest absolute Gasteiger partial charge is 0.493 e. The van der Waals surface area contributed by atoms with Gasteiger partial charge in [-0.15, -0.1) is 9.05 Å².